The molecule has 0 bridgehead atoms. The maximum Gasteiger partial charge on any atom is 0.573 e. The first-order valence-electron chi connectivity index (χ1n) is 5.58. The molecule has 2 N–H and O–H groups in total. The second-order valence-corrected chi connectivity index (χ2v) is 5.01. The molecule has 1 heterocycles. The van der Waals surface area contributed by atoms with Gasteiger partial charge in [-0.3, -0.25) is 0 Å². The van der Waals surface area contributed by atoms with Gasteiger partial charge in [0.1, 0.15) is 5.75 Å². The average Bonchev–Trinajstić information content (AvgIpc) is 2.80. The van der Waals surface area contributed by atoms with E-state index in [9.17, 15) is 13.2 Å². The van der Waals surface area contributed by atoms with Crippen molar-refractivity contribution in [2.45, 2.75) is 18.8 Å². The number of para-hydroxylation sites is 1. The van der Waals surface area contributed by atoms with Gasteiger partial charge in [0, 0.05) is 22.9 Å². The van der Waals surface area contributed by atoms with Gasteiger partial charge in [-0.1, -0.05) is 24.3 Å². The number of rotatable bonds is 4. The Bertz CT molecular complexity index is 525. The predicted molar refractivity (Wildman–Crippen MR) is 68.1 cm³/mol. The molecular weight excluding hydrogens is 275 g/mol. The first-order chi connectivity index (χ1) is 8.96. The van der Waals surface area contributed by atoms with Crippen LogP contribution in [0.4, 0.5) is 13.2 Å². The summed E-state index contributed by atoms with van der Waals surface area (Å²) in [5.41, 5.74) is 6.32. The van der Waals surface area contributed by atoms with E-state index in [0.29, 0.717) is 12.0 Å². The number of benzene rings is 1. The van der Waals surface area contributed by atoms with Gasteiger partial charge < -0.3 is 10.5 Å². The topological polar surface area (TPSA) is 35.2 Å². The van der Waals surface area contributed by atoms with Crippen LogP contribution in [0, 0.1) is 0 Å². The lowest BCUT2D eigenvalue weighted by Gasteiger charge is -2.17. The molecule has 0 aliphatic carbocycles. The molecule has 102 valence electrons. The van der Waals surface area contributed by atoms with Crippen molar-refractivity contribution in [1.29, 1.82) is 0 Å². The zero-order valence-corrected chi connectivity index (χ0v) is 10.7. The van der Waals surface area contributed by atoms with Crippen LogP contribution in [0.2, 0.25) is 0 Å². The first-order valence-corrected chi connectivity index (χ1v) is 6.46. The molecule has 1 atom stereocenters. The predicted octanol–water partition coefficient (Wildman–Crippen LogP) is 3.89. The molecule has 6 heteroatoms. The summed E-state index contributed by atoms with van der Waals surface area (Å²) in [6, 6.07) is 9.21. The third kappa shape index (κ3) is 3.97. The van der Waals surface area contributed by atoms with E-state index < -0.39 is 12.4 Å². The van der Waals surface area contributed by atoms with Crippen LogP contribution in [0.15, 0.2) is 41.8 Å². The Morgan fingerprint density at radius 3 is 2.53 bits per heavy atom. The zero-order valence-electron chi connectivity index (χ0n) is 9.85. The molecule has 0 amide bonds. The van der Waals surface area contributed by atoms with Crippen molar-refractivity contribution < 1.29 is 17.9 Å². The average molecular weight is 287 g/mol. The lowest BCUT2D eigenvalue weighted by atomic mass is 10.0. The summed E-state index contributed by atoms with van der Waals surface area (Å²) in [5.74, 6) is -0.237. The van der Waals surface area contributed by atoms with Gasteiger partial charge in [0.25, 0.3) is 0 Å². The monoisotopic (exact) mass is 287 g/mol. The number of hydrogen-bond donors (Lipinski definition) is 1. The number of hydrogen-bond acceptors (Lipinski definition) is 3. The van der Waals surface area contributed by atoms with Crippen molar-refractivity contribution in [3.05, 3.63) is 52.2 Å². The summed E-state index contributed by atoms with van der Waals surface area (Å²) in [4.78, 5) is 1.02. The third-order valence-electron chi connectivity index (χ3n) is 2.55. The largest absolute Gasteiger partial charge is 0.573 e. The van der Waals surface area contributed by atoms with Crippen LogP contribution < -0.4 is 10.5 Å². The van der Waals surface area contributed by atoms with E-state index in [0.717, 1.165) is 4.88 Å². The molecule has 1 aromatic carbocycles. The lowest BCUT2D eigenvalue weighted by molar-refractivity contribution is -0.275. The lowest BCUT2D eigenvalue weighted by Crippen LogP contribution is -2.21. The normalized spacial score (nSPS) is 13.3. The molecule has 2 aromatic rings. The first kappa shape index (κ1) is 13.9. The molecule has 0 radical (unpaired) electrons. The molecule has 0 saturated carbocycles. The van der Waals surface area contributed by atoms with E-state index in [4.69, 9.17) is 5.73 Å². The van der Waals surface area contributed by atoms with Crippen LogP contribution >= 0.6 is 11.3 Å². The molecule has 19 heavy (non-hydrogen) atoms. The number of nitrogens with two attached hydrogens (primary N) is 1. The Kier molecular flexibility index (Phi) is 4.11. The summed E-state index contributed by atoms with van der Waals surface area (Å²) >= 11 is 1.52. The van der Waals surface area contributed by atoms with Gasteiger partial charge in [-0.25, -0.2) is 0 Å². The Balaban J connectivity index is 2.19. The summed E-state index contributed by atoms with van der Waals surface area (Å²) in [6.45, 7) is 0. The molecule has 0 saturated heterocycles. The van der Waals surface area contributed by atoms with E-state index in [1.54, 1.807) is 12.1 Å². The number of ether oxygens (including phenoxy) is 1. The summed E-state index contributed by atoms with van der Waals surface area (Å²) < 4.78 is 40.9. The minimum absolute atomic E-state index is 0.237. The standard InChI is InChI=1S/C13H12F3NOS/c14-13(15,16)18-12-6-2-1-5-10(12)11(17)8-9-4-3-7-19-9/h1-7,11H,8,17H2. The maximum absolute atomic E-state index is 12.3. The van der Waals surface area contributed by atoms with Crippen LogP contribution in [-0.4, -0.2) is 6.36 Å². The number of halogens is 3. The highest BCUT2D eigenvalue weighted by Crippen LogP contribution is 2.31. The van der Waals surface area contributed by atoms with E-state index in [1.165, 1.54) is 23.5 Å². The fourth-order valence-electron chi connectivity index (χ4n) is 1.76. The number of thiophene rings is 1. The molecule has 1 unspecified atom stereocenters. The van der Waals surface area contributed by atoms with Crippen LogP contribution in [0.1, 0.15) is 16.5 Å². The van der Waals surface area contributed by atoms with Crippen molar-refractivity contribution in [3.63, 3.8) is 0 Å². The van der Waals surface area contributed by atoms with E-state index in [1.807, 2.05) is 17.5 Å². The molecule has 1 aromatic heterocycles. The highest BCUT2D eigenvalue weighted by molar-refractivity contribution is 7.09. The van der Waals surface area contributed by atoms with E-state index >= 15 is 0 Å². The second-order valence-electron chi connectivity index (χ2n) is 3.98. The van der Waals surface area contributed by atoms with Crippen LogP contribution in [0.5, 0.6) is 5.75 Å². The quantitative estimate of drug-likeness (QED) is 0.926. The van der Waals surface area contributed by atoms with E-state index in [-0.39, 0.29) is 5.75 Å². The highest BCUT2D eigenvalue weighted by Gasteiger charge is 2.32. The fourth-order valence-corrected chi connectivity index (χ4v) is 2.52. The van der Waals surface area contributed by atoms with Crippen LogP contribution in [0.25, 0.3) is 0 Å². The zero-order chi connectivity index (χ0) is 13.9. The smallest absolute Gasteiger partial charge is 0.405 e. The van der Waals surface area contributed by atoms with Crippen molar-refractivity contribution in [1.82, 2.24) is 0 Å². The second kappa shape index (κ2) is 5.63. The molecule has 0 spiro atoms. The molecule has 0 fully saturated rings. The minimum Gasteiger partial charge on any atom is -0.405 e. The summed E-state index contributed by atoms with van der Waals surface area (Å²) in [6.07, 6.45) is -4.23. The summed E-state index contributed by atoms with van der Waals surface area (Å²) in [7, 11) is 0. The Morgan fingerprint density at radius 1 is 1.16 bits per heavy atom. The highest BCUT2D eigenvalue weighted by atomic mass is 32.1. The number of alkyl halides is 3. The minimum atomic E-state index is -4.71. The van der Waals surface area contributed by atoms with Crippen LogP contribution in [-0.2, 0) is 6.42 Å². The van der Waals surface area contributed by atoms with Gasteiger partial charge in [-0.2, -0.15) is 0 Å². The van der Waals surface area contributed by atoms with Gasteiger partial charge in [0.2, 0.25) is 0 Å². The molecule has 0 aliphatic heterocycles. The molecule has 2 rings (SSSR count). The van der Waals surface area contributed by atoms with Gasteiger partial charge in [-0.05, 0) is 17.5 Å². The van der Waals surface area contributed by atoms with Gasteiger partial charge >= 0.3 is 6.36 Å². The van der Waals surface area contributed by atoms with Gasteiger partial charge in [0.05, 0.1) is 0 Å². The van der Waals surface area contributed by atoms with Gasteiger partial charge in [0.15, 0.2) is 0 Å². The van der Waals surface area contributed by atoms with Crippen molar-refractivity contribution >= 4 is 11.3 Å². The Morgan fingerprint density at radius 2 is 1.89 bits per heavy atom. The third-order valence-corrected chi connectivity index (χ3v) is 3.44. The van der Waals surface area contributed by atoms with E-state index in [2.05, 4.69) is 4.74 Å². The van der Waals surface area contributed by atoms with Crippen molar-refractivity contribution in [2.24, 2.45) is 5.73 Å². The Hall–Kier alpha value is -1.53. The summed E-state index contributed by atoms with van der Waals surface area (Å²) in [5, 5.41) is 1.90. The van der Waals surface area contributed by atoms with Gasteiger partial charge in [-0.15, -0.1) is 24.5 Å². The van der Waals surface area contributed by atoms with Crippen molar-refractivity contribution in [3.8, 4) is 5.75 Å². The SMILES string of the molecule is NC(Cc1cccs1)c1ccccc1OC(F)(F)F. The van der Waals surface area contributed by atoms with Crippen LogP contribution in [0.3, 0.4) is 0 Å². The van der Waals surface area contributed by atoms with Crippen molar-refractivity contribution in [2.75, 3.05) is 0 Å². The molecule has 0 aliphatic rings. The maximum atomic E-state index is 12.3. The molecular formula is C13H12F3NOS. The fraction of sp³-hybridized carbons (Fsp3) is 0.231. The molecule has 2 nitrogen and oxygen atoms in total. The Labute approximate surface area is 112 Å².